The lowest BCUT2D eigenvalue weighted by molar-refractivity contribution is 0.249. The van der Waals surface area contributed by atoms with Crippen LogP contribution in [0.25, 0.3) is 17.0 Å². The summed E-state index contributed by atoms with van der Waals surface area (Å²) in [4.78, 5) is 24.2. The summed E-state index contributed by atoms with van der Waals surface area (Å²) in [6, 6.07) is 13.6. The number of nitrogens with zero attached hydrogens (tertiary/aromatic N) is 1. The molecule has 29 heavy (non-hydrogen) atoms. The molecule has 0 aliphatic rings. The molecule has 0 radical (unpaired) electrons. The minimum atomic E-state index is -0.819. The number of hydrogen-bond acceptors (Lipinski definition) is 6. The van der Waals surface area contributed by atoms with E-state index in [1.165, 1.54) is 13.2 Å². The Balaban J connectivity index is 2.15. The fraction of sp³-hybridized carbons (Fsp3) is 0.0952. The summed E-state index contributed by atoms with van der Waals surface area (Å²) < 4.78 is 10.8. The number of primary amides is 1. The molecule has 0 unspecified atom stereocenters. The van der Waals surface area contributed by atoms with Gasteiger partial charge in [0.15, 0.2) is 5.58 Å². The number of carbonyl (C=O) groups is 1. The molecule has 0 aliphatic carbocycles. The van der Waals surface area contributed by atoms with Crippen molar-refractivity contribution in [2.45, 2.75) is 4.90 Å². The number of nitrogens with two attached hydrogens (primary N) is 1. The Labute approximate surface area is 171 Å². The summed E-state index contributed by atoms with van der Waals surface area (Å²) in [5, 5.41) is 4.77. The number of hydrogen-bond donors (Lipinski definition) is 2. The number of benzene rings is 2. The molecule has 0 spiro atoms. The van der Waals surface area contributed by atoms with Gasteiger partial charge in [0, 0.05) is 16.3 Å². The van der Waals surface area contributed by atoms with Gasteiger partial charge in [-0.3, -0.25) is 0 Å². The molecule has 3 N–H and O–H groups in total. The number of nitrogens with one attached hydrogen (secondary N) is 1. The highest BCUT2D eigenvalue weighted by Gasteiger charge is 2.16. The number of ether oxygens (including phenoxy) is 1. The van der Waals surface area contributed by atoms with Crippen molar-refractivity contribution < 1.29 is 13.9 Å². The summed E-state index contributed by atoms with van der Waals surface area (Å²) in [6.45, 7) is 0. The average molecular weight is 409 g/mol. The van der Waals surface area contributed by atoms with Gasteiger partial charge in [0.1, 0.15) is 5.75 Å². The molecule has 3 aromatic rings. The number of methoxy groups -OCH3 is 1. The van der Waals surface area contributed by atoms with Gasteiger partial charge in [0.2, 0.25) is 0 Å². The van der Waals surface area contributed by atoms with Crippen LogP contribution < -0.4 is 21.5 Å². The van der Waals surface area contributed by atoms with Crippen LogP contribution in [0.5, 0.6) is 5.75 Å². The molecule has 1 heterocycles. The molecular weight excluding hydrogens is 390 g/mol. The minimum Gasteiger partial charge on any atom is -0.496 e. The molecule has 3 rings (SSSR count). The van der Waals surface area contributed by atoms with Crippen LogP contribution in [0.1, 0.15) is 11.1 Å². The molecule has 2 amide bonds. The predicted octanol–water partition coefficient (Wildman–Crippen LogP) is 3.61. The lowest BCUT2D eigenvalue weighted by Crippen LogP contribution is -2.25. The van der Waals surface area contributed by atoms with E-state index >= 15 is 0 Å². The quantitative estimate of drug-likeness (QED) is 0.280. The fourth-order valence-electron chi connectivity index (χ4n) is 2.71. The number of thioether (sulfide) groups is 1. The first kappa shape index (κ1) is 20.2. The van der Waals surface area contributed by atoms with Crippen molar-refractivity contribution in [2.24, 2.45) is 10.8 Å². The van der Waals surface area contributed by atoms with E-state index in [-0.39, 0.29) is 0 Å². The number of urea groups is 1. The maximum atomic E-state index is 11.8. The standard InChI is InChI=1S/C21H19N3O4S/c1-27-17-11-6-14-7-12-18(25)28-20(14)19(17)16(23-24-21(22)26)10-5-13-3-8-15(29-2)9-4-13/h3-12H,1-2H3,(H3,22,24,26)/b10-5+,23-16+. The zero-order chi connectivity index (χ0) is 20.8. The Bertz CT molecular complexity index is 1150. The SMILES string of the molecule is COc1ccc2ccc(=O)oc2c1C(/C=C/c1ccc(SC)cc1)=N/NC(N)=O. The van der Waals surface area contributed by atoms with E-state index in [1.54, 1.807) is 36.0 Å². The van der Waals surface area contributed by atoms with E-state index in [9.17, 15) is 9.59 Å². The molecular formula is C21H19N3O4S. The molecule has 1 aromatic heterocycles. The molecule has 0 atom stereocenters. The highest BCUT2D eigenvalue weighted by molar-refractivity contribution is 7.98. The van der Waals surface area contributed by atoms with Gasteiger partial charge in [-0.15, -0.1) is 11.8 Å². The van der Waals surface area contributed by atoms with Crippen LogP contribution in [0.2, 0.25) is 0 Å². The Morgan fingerprint density at radius 3 is 2.55 bits per heavy atom. The van der Waals surface area contributed by atoms with Gasteiger partial charge >= 0.3 is 11.7 Å². The molecule has 0 saturated carbocycles. The van der Waals surface area contributed by atoms with Gasteiger partial charge in [0.25, 0.3) is 0 Å². The number of rotatable bonds is 6. The van der Waals surface area contributed by atoms with Crippen molar-refractivity contribution in [3.05, 3.63) is 76.2 Å². The van der Waals surface area contributed by atoms with Crippen molar-refractivity contribution in [3.63, 3.8) is 0 Å². The van der Waals surface area contributed by atoms with Crippen LogP contribution in [-0.2, 0) is 0 Å². The van der Waals surface area contributed by atoms with Crippen molar-refractivity contribution in [1.29, 1.82) is 0 Å². The normalized spacial score (nSPS) is 11.7. The second-order valence-electron chi connectivity index (χ2n) is 5.90. The zero-order valence-electron chi connectivity index (χ0n) is 15.8. The van der Waals surface area contributed by atoms with Gasteiger partial charge in [-0.25, -0.2) is 15.0 Å². The first-order valence-electron chi connectivity index (χ1n) is 8.58. The van der Waals surface area contributed by atoms with E-state index in [4.69, 9.17) is 14.9 Å². The molecule has 7 nitrogen and oxygen atoms in total. The number of allylic oxidation sites excluding steroid dienone is 1. The number of hydrazone groups is 1. The van der Waals surface area contributed by atoms with E-state index < -0.39 is 11.7 Å². The van der Waals surface area contributed by atoms with Crippen LogP contribution in [0.3, 0.4) is 0 Å². The van der Waals surface area contributed by atoms with Crippen LogP contribution in [0, 0.1) is 0 Å². The second kappa shape index (κ2) is 9.11. The van der Waals surface area contributed by atoms with E-state index in [0.29, 0.717) is 28.0 Å². The van der Waals surface area contributed by atoms with E-state index in [0.717, 1.165) is 10.5 Å². The Morgan fingerprint density at radius 2 is 1.90 bits per heavy atom. The minimum absolute atomic E-state index is 0.296. The Kier molecular flexibility index (Phi) is 6.36. The number of amides is 2. The van der Waals surface area contributed by atoms with Crippen LogP contribution in [0.4, 0.5) is 4.79 Å². The van der Waals surface area contributed by atoms with Gasteiger partial charge in [0.05, 0.1) is 18.4 Å². The first-order chi connectivity index (χ1) is 14.0. The lowest BCUT2D eigenvalue weighted by atomic mass is 10.0. The molecule has 0 aliphatic heterocycles. The number of carbonyl (C=O) groups excluding carboxylic acids is 1. The average Bonchev–Trinajstić information content (AvgIpc) is 2.73. The van der Waals surface area contributed by atoms with Gasteiger partial charge in [-0.2, -0.15) is 5.10 Å². The molecule has 2 aromatic carbocycles. The van der Waals surface area contributed by atoms with Crippen LogP contribution >= 0.6 is 11.8 Å². The summed E-state index contributed by atoms with van der Waals surface area (Å²) in [5.74, 6) is 0.430. The third-order valence-electron chi connectivity index (χ3n) is 4.06. The van der Waals surface area contributed by atoms with Crippen molar-refractivity contribution in [3.8, 4) is 5.75 Å². The Morgan fingerprint density at radius 1 is 1.17 bits per heavy atom. The smallest absolute Gasteiger partial charge is 0.336 e. The fourth-order valence-corrected chi connectivity index (χ4v) is 3.12. The summed E-state index contributed by atoms with van der Waals surface area (Å²) in [7, 11) is 1.50. The molecule has 0 bridgehead atoms. The second-order valence-corrected chi connectivity index (χ2v) is 6.77. The zero-order valence-corrected chi connectivity index (χ0v) is 16.7. The van der Waals surface area contributed by atoms with Gasteiger partial charge in [-0.05, 0) is 48.2 Å². The first-order valence-corrected chi connectivity index (χ1v) is 9.81. The van der Waals surface area contributed by atoms with Crippen molar-refractivity contribution in [2.75, 3.05) is 13.4 Å². The lowest BCUT2D eigenvalue weighted by Gasteiger charge is -2.11. The van der Waals surface area contributed by atoms with Crippen molar-refractivity contribution >= 4 is 40.5 Å². The maximum absolute atomic E-state index is 11.8. The van der Waals surface area contributed by atoms with E-state index in [2.05, 4.69) is 10.5 Å². The molecule has 148 valence electrons. The Hall–Kier alpha value is -3.52. The third kappa shape index (κ3) is 4.85. The molecule has 0 saturated heterocycles. The summed E-state index contributed by atoms with van der Waals surface area (Å²) >= 11 is 1.65. The number of fused-ring (bicyclic) bond motifs is 1. The maximum Gasteiger partial charge on any atom is 0.336 e. The van der Waals surface area contributed by atoms with Crippen LogP contribution in [0.15, 0.2) is 73.8 Å². The highest BCUT2D eigenvalue weighted by atomic mass is 32.2. The van der Waals surface area contributed by atoms with Gasteiger partial charge in [-0.1, -0.05) is 18.2 Å². The van der Waals surface area contributed by atoms with Crippen molar-refractivity contribution in [1.82, 2.24) is 5.43 Å². The molecule has 8 heteroatoms. The van der Waals surface area contributed by atoms with E-state index in [1.807, 2.05) is 36.6 Å². The topological polar surface area (TPSA) is 107 Å². The van der Waals surface area contributed by atoms with Crippen LogP contribution in [-0.4, -0.2) is 25.1 Å². The predicted molar refractivity (Wildman–Crippen MR) is 116 cm³/mol. The largest absolute Gasteiger partial charge is 0.496 e. The monoisotopic (exact) mass is 409 g/mol. The highest BCUT2D eigenvalue weighted by Crippen LogP contribution is 2.28. The summed E-state index contributed by atoms with van der Waals surface area (Å²) in [6.07, 6.45) is 5.52. The molecule has 0 fully saturated rings. The summed E-state index contributed by atoms with van der Waals surface area (Å²) in [5.41, 5.74) is 8.86. The van der Waals surface area contributed by atoms with Gasteiger partial charge < -0.3 is 14.9 Å². The third-order valence-corrected chi connectivity index (χ3v) is 4.81.